The molecule has 0 N–H and O–H groups in total. The fourth-order valence-corrected chi connectivity index (χ4v) is 3.27. The molecule has 1 aliphatic rings. The van der Waals surface area contributed by atoms with Gasteiger partial charge in [0.15, 0.2) is 11.5 Å². The van der Waals surface area contributed by atoms with Crippen LogP contribution >= 0.6 is 15.9 Å². The number of ketones is 1. The maximum absolute atomic E-state index is 12.8. The monoisotopic (exact) mass is 402 g/mol. The molecule has 1 heterocycles. The lowest BCUT2D eigenvalue weighted by Crippen LogP contribution is -2.00. The van der Waals surface area contributed by atoms with Crippen molar-refractivity contribution in [1.29, 1.82) is 0 Å². The molecule has 3 rings (SSSR count). The summed E-state index contributed by atoms with van der Waals surface area (Å²) in [5.41, 5.74) is 2.56. The summed E-state index contributed by atoms with van der Waals surface area (Å²) in [7, 11) is 3.07. The van der Waals surface area contributed by atoms with Gasteiger partial charge in [-0.3, -0.25) is 4.79 Å². The van der Waals surface area contributed by atoms with Crippen molar-refractivity contribution in [3.05, 3.63) is 57.3 Å². The minimum Gasteiger partial charge on any atom is -0.496 e. The molecule has 0 amide bonds. The Morgan fingerprint density at radius 1 is 1.08 bits per heavy atom. The molecular weight excluding hydrogens is 384 g/mol. The molecule has 0 bridgehead atoms. The number of allylic oxidation sites excluding steroid dienone is 1. The van der Waals surface area contributed by atoms with Gasteiger partial charge in [0, 0.05) is 6.07 Å². The smallest absolute Gasteiger partial charge is 0.235 e. The summed E-state index contributed by atoms with van der Waals surface area (Å²) < 4.78 is 17.1. The summed E-state index contributed by atoms with van der Waals surface area (Å²) in [5, 5.41) is 0. The highest BCUT2D eigenvalue weighted by Crippen LogP contribution is 2.48. The van der Waals surface area contributed by atoms with Crippen molar-refractivity contribution >= 4 is 27.8 Å². The molecule has 0 saturated heterocycles. The number of hydrogen-bond donors (Lipinski definition) is 0. The highest BCUT2D eigenvalue weighted by molar-refractivity contribution is 9.10. The van der Waals surface area contributed by atoms with Gasteiger partial charge in [-0.1, -0.05) is 38.1 Å². The van der Waals surface area contributed by atoms with E-state index in [9.17, 15) is 4.79 Å². The molecule has 0 aliphatic carbocycles. The van der Waals surface area contributed by atoms with Crippen molar-refractivity contribution in [2.75, 3.05) is 14.2 Å². The van der Waals surface area contributed by atoms with Crippen LogP contribution in [0.5, 0.6) is 17.2 Å². The van der Waals surface area contributed by atoms with E-state index in [0.29, 0.717) is 33.2 Å². The molecule has 25 heavy (non-hydrogen) atoms. The Kier molecular flexibility index (Phi) is 4.86. The van der Waals surface area contributed by atoms with Crippen LogP contribution in [0.15, 0.2) is 40.6 Å². The van der Waals surface area contributed by atoms with Crippen molar-refractivity contribution in [1.82, 2.24) is 0 Å². The van der Waals surface area contributed by atoms with E-state index in [4.69, 9.17) is 14.2 Å². The molecule has 0 radical (unpaired) electrons. The van der Waals surface area contributed by atoms with Gasteiger partial charge < -0.3 is 14.2 Å². The number of ether oxygens (including phenoxy) is 3. The van der Waals surface area contributed by atoms with Crippen LogP contribution < -0.4 is 14.2 Å². The molecule has 2 aromatic rings. The molecule has 1 aliphatic heterocycles. The molecule has 0 atom stereocenters. The lowest BCUT2D eigenvalue weighted by Gasteiger charge is -2.10. The Balaban J connectivity index is 2.01. The molecule has 0 aromatic heterocycles. The van der Waals surface area contributed by atoms with E-state index in [1.807, 2.05) is 12.1 Å². The highest BCUT2D eigenvalue weighted by atomic mass is 79.9. The van der Waals surface area contributed by atoms with Crippen LogP contribution in [0, 0.1) is 0 Å². The van der Waals surface area contributed by atoms with Crippen molar-refractivity contribution in [3.63, 3.8) is 0 Å². The van der Waals surface area contributed by atoms with Crippen molar-refractivity contribution in [3.8, 4) is 17.2 Å². The normalized spacial score (nSPS) is 14.6. The number of benzene rings is 2. The molecule has 0 spiro atoms. The SMILES string of the molecule is COc1cc(OC)c2c(c1Br)OC(=Cc1ccc(C(C)C)cc1)C2=O. The number of Topliss-reactive ketones (excluding diaryl/α,β-unsaturated/α-hetero) is 1. The topological polar surface area (TPSA) is 44.8 Å². The van der Waals surface area contributed by atoms with E-state index in [1.165, 1.54) is 12.7 Å². The Labute approximate surface area is 155 Å². The molecular formula is C20H19BrO4. The molecule has 2 aromatic carbocycles. The minimum absolute atomic E-state index is 0.205. The number of halogens is 1. The standard InChI is InChI=1S/C20H19BrO4/c1-11(2)13-7-5-12(6-8-13)9-16-19(22)17-14(23-3)10-15(24-4)18(21)20(17)25-16/h5-11H,1-4H3. The van der Waals surface area contributed by atoms with Crippen LogP contribution in [0.3, 0.4) is 0 Å². The summed E-state index contributed by atoms with van der Waals surface area (Å²) >= 11 is 3.44. The number of carbonyl (C=O) groups is 1. The van der Waals surface area contributed by atoms with Crippen LogP contribution in [0.2, 0.25) is 0 Å². The average Bonchev–Trinajstić information content (AvgIpc) is 2.93. The van der Waals surface area contributed by atoms with Gasteiger partial charge in [0.25, 0.3) is 0 Å². The Morgan fingerprint density at radius 2 is 1.72 bits per heavy atom. The zero-order valence-electron chi connectivity index (χ0n) is 14.6. The summed E-state index contributed by atoms with van der Waals surface area (Å²) in [6.45, 7) is 4.29. The van der Waals surface area contributed by atoms with Crippen LogP contribution in [0.4, 0.5) is 0 Å². The van der Waals surface area contributed by atoms with E-state index in [1.54, 1.807) is 19.3 Å². The summed E-state index contributed by atoms with van der Waals surface area (Å²) in [4.78, 5) is 12.8. The number of methoxy groups -OCH3 is 2. The second kappa shape index (κ2) is 6.92. The molecule has 130 valence electrons. The predicted octanol–water partition coefficient (Wildman–Crippen LogP) is 5.21. The predicted molar refractivity (Wildman–Crippen MR) is 101 cm³/mol. The largest absolute Gasteiger partial charge is 0.496 e. The van der Waals surface area contributed by atoms with Gasteiger partial charge in [-0.15, -0.1) is 0 Å². The fraction of sp³-hybridized carbons (Fsp3) is 0.250. The number of carbonyl (C=O) groups excluding carboxylic acids is 1. The van der Waals surface area contributed by atoms with Crippen molar-refractivity contribution in [2.45, 2.75) is 19.8 Å². The summed E-state index contributed by atoms with van der Waals surface area (Å²) in [6, 6.07) is 9.75. The van der Waals surface area contributed by atoms with E-state index >= 15 is 0 Å². The first-order valence-electron chi connectivity index (χ1n) is 7.95. The highest BCUT2D eigenvalue weighted by Gasteiger charge is 2.34. The van der Waals surface area contributed by atoms with E-state index in [-0.39, 0.29) is 11.5 Å². The minimum atomic E-state index is -0.205. The van der Waals surface area contributed by atoms with E-state index < -0.39 is 0 Å². The zero-order chi connectivity index (χ0) is 18.1. The third kappa shape index (κ3) is 3.16. The van der Waals surface area contributed by atoms with Crippen LogP contribution in [-0.2, 0) is 0 Å². The summed E-state index contributed by atoms with van der Waals surface area (Å²) in [5.74, 6) is 1.92. The van der Waals surface area contributed by atoms with Gasteiger partial charge in [-0.05, 0) is 39.1 Å². The Morgan fingerprint density at radius 3 is 2.28 bits per heavy atom. The van der Waals surface area contributed by atoms with Gasteiger partial charge in [0.05, 0.1) is 14.2 Å². The van der Waals surface area contributed by atoms with Gasteiger partial charge >= 0.3 is 0 Å². The first-order valence-corrected chi connectivity index (χ1v) is 8.74. The van der Waals surface area contributed by atoms with Crippen molar-refractivity contribution < 1.29 is 19.0 Å². The Hall–Kier alpha value is -2.27. The van der Waals surface area contributed by atoms with Crippen LogP contribution in [-0.4, -0.2) is 20.0 Å². The van der Waals surface area contributed by atoms with Gasteiger partial charge in [0.2, 0.25) is 5.78 Å². The molecule has 0 saturated carbocycles. The zero-order valence-corrected chi connectivity index (χ0v) is 16.1. The van der Waals surface area contributed by atoms with Gasteiger partial charge in [-0.2, -0.15) is 0 Å². The second-order valence-corrected chi connectivity index (χ2v) is 6.85. The third-order valence-electron chi connectivity index (χ3n) is 4.15. The first-order chi connectivity index (χ1) is 12.0. The fourth-order valence-electron chi connectivity index (χ4n) is 2.71. The van der Waals surface area contributed by atoms with Gasteiger partial charge in [0.1, 0.15) is 21.5 Å². The Bertz CT molecular complexity index is 851. The first kappa shape index (κ1) is 17.5. The van der Waals surface area contributed by atoms with E-state index in [2.05, 4.69) is 41.9 Å². The maximum Gasteiger partial charge on any atom is 0.235 e. The molecule has 0 fully saturated rings. The van der Waals surface area contributed by atoms with E-state index in [0.717, 1.165) is 5.56 Å². The second-order valence-electron chi connectivity index (χ2n) is 6.06. The number of hydrogen-bond acceptors (Lipinski definition) is 4. The van der Waals surface area contributed by atoms with Crippen LogP contribution in [0.25, 0.3) is 6.08 Å². The average molecular weight is 403 g/mol. The third-order valence-corrected chi connectivity index (χ3v) is 4.91. The lowest BCUT2D eigenvalue weighted by molar-refractivity contribution is 0.101. The van der Waals surface area contributed by atoms with Crippen LogP contribution in [0.1, 0.15) is 41.3 Å². The summed E-state index contributed by atoms with van der Waals surface area (Å²) in [6.07, 6.45) is 1.74. The van der Waals surface area contributed by atoms with Crippen molar-refractivity contribution in [2.24, 2.45) is 0 Å². The number of rotatable bonds is 4. The lowest BCUT2D eigenvalue weighted by atomic mass is 10.0. The molecule has 5 heteroatoms. The maximum atomic E-state index is 12.8. The number of fused-ring (bicyclic) bond motifs is 1. The molecule has 4 nitrogen and oxygen atoms in total. The quantitative estimate of drug-likeness (QED) is 0.658. The van der Waals surface area contributed by atoms with Gasteiger partial charge in [-0.25, -0.2) is 0 Å². The molecule has 0 unspecified atom stereocenters.